The van der Waals surface area contributed by atoms with Crippen molar-refractivity contribution in [2.75, 3.05) is 6.61 Å². The van der Waals surface area contributed by atoms with Crippen molar-refractivity contribution < 1.29 is 23.9 Å². The summed E-state index contributed by atoms with van der Waals surface area (Å²) in [7, 11) is -4.06. The fraction of sp³-hybridized carbons (Fsp3) is 0.900. The van der Waals surface area contributed by atoms with Crippen LogP contribution in [0, 0.1) is 5.92 Å². The van der Waals surface area contributed by atoms with E-state index in [1.165, 1.54) is 0 Å². The number of carbonyl (C=O) groups excluding carboxylic acids is 1. The molecule has 0 rings (SSSR count). The highest BCUT2D eigenvalue weighted by Crippen LogP contribution is 2.47. The van der Waals surface area contributed by atoms with Crippen LogP contribution in [0.1, 0.15) is 40.0 Å². The summed E-state index contributed by atoms with van der Waals surface area (Å²) in [6.45, 7) is 5.56. The molecule has 5 nitrogen and oxygen atoms in total. The van der Waals surface area contributed by atoms with Gasteiger partial charge >= 0.3 is 13.6 Å². The molecule has 0 aromatic rings. The normalized spacial score (nSPS) is 15.6. The lowest BCUT2D eigenvalue weighted by atomic mass is 10.00. The van der Waals surface area contributed by atoms with E-state index in [4.69, 9.17) is 14.5 Å². The molecular weight excluding hydrogens is 231 g/mol. The first kappa shape index (κ1) is 15.6. The van der Waals surface area contributed by atoms with Gasteiger partial charge in [-0.25, -0.2) is 0 Å². The van der Waals surface area contributed by atoms with Crippen molar-refractivity contribution in [2.24, 2.45) is 5.92 Å². The van der Waals surface area contributed by atoms with Crippen LogP contribution < -0.4 is 0 Å². The van der Waals surface area contributed by atoms with Gasteiger partial charge in [0.2, 0.25) is 0 Å². The maximum absolute atomic E-state index is 11.2. The second-order valence-corrected chi connectivity index (χ2v) is 5.73. The van der Waals surface area contributed by atoms with E-state index in [-0.39, 0.29) is 18.3 Å². The minimum absolute atomic E-state index is 0.185. The van der Waals surface area contributed by atoms with Gasteiger partial charge in [0.25, 0.3) is 0 Å². The Labute approximate surface area is 96.4 Å². The minimum atomic E-state index is -4.06. The van der Waals surface area contributed by atoms with Crippen molar-refractivity contribution in [3.05, 3.63) is 0 Å². The quantitative estimate of drug-likeness (QED) is 0.534. The molecule has 0 saturated heterocycles. The maximum atomic E-state index is 11.2. The number of esters is 1. The summed E-state index contributed by atoms with van der Waals surface area (Å²) in [5.41, 5.74) is -0.665. The zero-order valence-corrected chi connectivity index (χ0v) is 10.9. The van der Waals surface area contributed by atoms with Gasteiger partial charge in [0, 0.05) is 6.42 Å². The number of rotatable bonds is 7. The van der Waals surface area contributed by atoms with Gasteiger partial charge in [0.15, 0.2) is 0 Å². The summed E-state index contributed by atoms with van der Waals surface area (Å²) in [5, 5.41) is 0. The molecule has 0 fully saturated rings. The van der Waals surface area contributed by atoms with Crippen LogP contribution in [0.2, 0.25) is 0 Å². The Kier molecular flexibility index (Phi) is 6.88. The third-order valence-electron chi connectivity index (χ3n) is 2.62. The Morgan fingerprint density at radius 3 is 2.31 bits per heavy atom. The van der Waals surface area contributed by atoms with Crippen LogP contribution >= 0.6 is 7.60 Å². The summed E-state index contributed by atoms with van der Waals surface area (Å²) in [5.74, 6) is -0.495. The number of hydrogen-bond donors (Lipinski definition) is 2. The van der Waals surface area contributed by atoms with E-state index < -0.39 is 13.3 Å². The van der Waals surface area contributed by atoms with E-state index in [2.05, 4.69) is 0 Å². The Hall–Kier alpha value is -0.380. The minimum Gasteiger partial charge on any atom is -0.466 e. The molecule has 2 atom stereocenters. The fourth-order valence-electron chi connectivity index (χ4n) is 1.74. The predicted molar refractivity (Wildman–Crippen MR) is 61.2 cm³/mol. The first-order valence-electron chi connectivity index (χ1n) is 5.53. The second-order valence-electron chi connectivity index (χ2n) is 3.89. The molecule has 0 spiro atoms. The molecule has 0 radical (unpaired) electrons. The molecule has 0 aromatic carbocycles. The third-order valence-corrected chi connectivity index (χ3v) is 4.35. The van der Waals surface area contributed by atoms with Crippen molar-refractivity contribution in [3.8, 4) is 0 Å². The van der Waals surface area contributed by atoms with Crippen molar-refractivity contribution in [3.63, 3.8) is 0 Å². The molecular formula is C10H21O5P. The topological polar surface area (TPSA) is 83.8 Å². The summed E-state index contributed by atoms with van der Waals surface area (Å²) >= 11 is 0. The highest BCUT2D eigenvalue weighted by atomic mass is 31.2. The number of hydrogen-bond acceptors (Lipinski definition) is 3. The van der Waals surface area contributed by atoms with Crippen LogP contribution in [0.15, 0.2) is 0 Å². The molecule has 0 bridgehead atoms. The van der Waals surface area contributed by atoms with Gasteiger partial charge in [0.1, 0.15) is 0 Å². The number of carbonyl (C=O) groups is 1. The van der Waals surface area contributed by atoms with Gasteiger partial charge in [-0.3, -0.25) is 9.36 Å². The van der Waals surface area contributed by atoms with Crippen molar-refractivity contribution in [2.45, 2.75) is 45.7 Å². The molecule has 2 unspecified atom stereocenters. The number of ether oxygens (including phenoxy) is 1. The van der Waals surface area contributed by atoms with Gasteiger partial charge in [-0.2, -0.15) is 0 Å². The lowest BCUT2D eigenvalue weighted by Gasteiger charge is -2.23. The Balaban J connectivity index is 4.18. The molecule has 96 valence electrons. The SMILES string of the molecule is CCOC(=O)CCC(C)C(CC)P(=O)(O)O. The highest BCUT2D eigenvalue weighted by Gasteiger charge is 2.32. The van der Waals surface area contributed by atoms with Crippen LogP contribution in [0.3, 0.4) is 0 Å². The Bertz CT molecular complexity index is 260. The molecule has 0 aliphatic rings. The van der Waals surface area contributed by atoms with Crippen LogP contribution in [-0.4, -0.2) is 28.0 Å². The zero-order chi connectivity index (χ0) is 12.8. The summed E-state index contributed by atoms with van der Waals surface area (Å²) < 4.78 is 15.9. The van der Waals surface area contributed by atoms with E-state index in [9.17, 15) is 9.36 Å². The zero-order valence-electron chi connectivity index (χ0n) is 10.0. The first-order valence-corrected chi connectivity index (χ1v) is 7.21. The van der Waals surface area contributed by atoms with Crippen LogP contribution in [0.5, 0.6) is 0 Å². The second kappa shape index (κ2) is 7.05. The van der Waals surface area contributed by atoms with E-state index in [0.717, 1.165) is 0 Å². The van der Waals surface area contributed by atoms with E-state index in [0.29, 0.717) is 19.4 Å². The lowest BCUT2D eigenvalue weighted by molar-refractivity contribution is -0.143. The summed E-state index contributed by atoms with van der Waals surface area (Å²) in [4.78, 5) is 29.3. The van der Waals surface area contributed by atoms with Gasteiger partial charge < -0.3 is 14.5 Å². The van der Waals surface area contributed by atoms with Crippen molar-refractivity contribution >= 4 is 13.6 Å². The monoisotopic (exact) mass is 252 g/mol. The molecule has 2 N–H and O–H groups in total. The Morgan fingerprint density at radius 2 is 1.94 bits per heavy atom. The van der Waals surface area contributed by atoms with E-state index in [1.54, 1.807) is 20.8 Å². The average Bonchev–Trinajstić information content (AvgIpc) is 2.14. The first-order chi connectivity index (χ1) is 7.32. The largest absolute Gasteiger partial charge is 0.466 e. The van der Waals surface area contributed by atoms with Gasteiger partial charge in [-0.1, -0.05) is 13.8 Å². The molecule has 0 aromatic heterocycles. The van der Waals surface area contributed by atoms with Crippen LogP contribution in [-0.2, 0) is 14.1 Å². The fourth-order valence-corrected chi connectivity index (χ4v) is 3.03. The molecule has 16 heavy (non-hydrogen) atoms. The molecule has 0 heterocycles. The van der Waals surface area contributed by atoms with Crippen molar-refractivity contribution in [1.29, 1.82) is 0 Å². The average molecular weight is 252 g/mol. The van der Waals surface area contributed by atoms with E-state index in [1.807, 2.05) is 0 Å². The summed E-state index contributed by atoms with van der Waals surface area (Å²) in [6.07, 6.45) is 1.07. The van der Waals surface area contributed by atoms with Crippen LogP contribution in [0.4, 0.5) is 0 Å². The smallest absolute Gasteiger partial charge is 0.328 e. The predicted octanol–water partition coefficient (Wildman–Crippen LogP) is 1.92. The maximum Gasteiger partial charge on any atom is 0.328 e. The molecule has 0 saturated carbocycles. The van der Waals surface area contributed by atoms with E-state index >= 15 is 0 Å². The highest BCUT2D eigenvalue weighted by molar-refractivity contribution is 7.52. The molecule has 0 aliphatic carbocycles. The third kappa shape index (κ3) is 5.64. The molecule has 0 amide bonds. The lowest BCUT2D eigenvalue weighted by Crippen LogP contribution is -2.19. The molecule has 6 heteroatoms. The Morgan fingerprint density at radius 1 is 1.38 bits per heavy atom. The summed E-state index contributed by atoms with van der Waals surface area (Å²) in [6, 6.07) is 0. The van der Waals surface area contributed by atoms with Gasteiger partial charge in [0.05, 0.1) is 12.3 Å². The van der Waals surface area contributed by atoms with Crippen LogP contribution in [0.25, 0.3) is 0 Å². The van der Waals surface area contributed by atoms with Gasteiger partial charge in [-0.15, -0.1) is 0 Å². The van der Waals surface area contributed by atoms with Gasteiger partial charge in [-0.05, 0) is 25.7 Å². The van der Waals surface area contributed by atoms with Crippen molar-refractivity contribution in [1.82, 2.24) is 0 Å². The standard InChI is InChI=1S/C10H21O5P/c1-4-9(16(12,13)14)8(3)6-7-10(11)15-5-2/h8-9H,4-7H2,1-3H3,(H2,12,13,14). The molecule has 0 aliphatic heterocycles.